The average Bonchev–Trinajstić information content (AvgIpc) is 2.74. The average molecular weight is 329 g/mol. The molecule has 5 heteroatoms. The molecule has 0 spiro atoms. The van der Waals surface area contributed by atoms with E-state index < -0.39 is 0 Å². The fraction of sp³-hybridized carbons (Fsp3) is 0.588. The Bertz CT molecular complexity index is 474. The molecule has 1 aromatic rings. The number of benzene rings is 1. The molecule has 0 aliphatic heterocycles. The van der Waals surface area contributed by atoms with Gasteiger partial charge in [-0.3, -0.25) is 4.79 Å². The van der Waals surface area contributed by atoms with Crippen molar-refractivity contribution in [2.75, 3.05) is 13.1 Å². The summed E-state index contributed by atoms with van der Waals surface area (Å²) in [6, 6.07) is 4.89. The molecule has 0 aromatic heterocycles. The van der Waals surface area contributed by atoms with E-state index in [1.807, 2.05) is 6.92 Å². The third kappa shape index (κ3) is 5.93. The fourth-order valence-corrected chi connectivity index (χ4v) is 2.87. The van der Waals surface area contributed by atoms with E-state index in [0.29, 0.717) is 18.2 Å². The van der Waals surface area contributed by atoms with Crippen molar-refractivity contribution in [3.05, 3.63) is 35.1 Å². The maximum atomic E-state index is 13.2. The zero-order valence-corrected chi connectivity index (χ0v) is 14.0. The van der Waals surface area contributed by atoms with Crippen molar-refractivity contribution in [2.45, 2.75) is 51.5 Å². The van der Waals surface area contributed by atoms with E-state index in [-0.39, 0.29) is 24.1 Å². The van der Waals surface area contributed by atoms with Gasteiger partial charge in [0.1, 0.15) is 5.82 Å². The quantitative estimate of drug-likeness (QED) is 0.640. The minimum absolute atomic E-state index is 0. The summed E-state index contributed by atoms with van der Waals surface area (Å²) < 4.78 is 13.2. The smallest absolute Gasteiger partial charge is 0.251 e. The fourth-order valence-electron chi connectivity index (χ4n) is 2.87. The second-order valence-electron chi connectivity index (χ2n) is 5.86. The highest BCUT2D eigenvalue weighted by atomic mass is 35.5. The van der Waals surface area contributed by atoms with Gasteiger partial charge in [0.2, 0.25) is 0 Å². The lowest BCUT2D eigenvalue weighted by atomic mass is 10.1. The minimum atomic E-state index is -0.373. The van der Waals surface area contributed by atoms with Crippen LogP contribution in [0, 0.1) is 12.7 Å². The molecule has 0 saturated heterocycles. The summed E-state index contributed by atoms with van der Waals surface area (Å²) in [5.41, 5.74) is 1.22. The van der Waals surface area contributed by atoms with E-state index in [0.717, 1.165) is 12.1 Å². The Balaban J connectivity index is 0.00000242. The molecule has 1 aromatic carbocycles. The highest BCUT2D eigenvalue weighted by molar-refractivity contribution is 5.95. The summed E-state index contributed by atoms with van der Waals surface area (Å²) in [6.07, 6.45) is 7.74. The molecule has 3 nitrogen and oxygen atoms in total. The van der Waals surface area contributed by atoms with Crippen LogP contribution in [0.5, 0.6) is 0 Å². The Hall–Kier alpha value is -1.13. The van der Waals surface area contributed by atoms with Crippen LogP contribution in [0.1, 0.15) is 54.4 Å². The lowest BCUT2D eigenvalue weighted by Gasteiger charge is -2.16. The Morgan fingerprint density at radius 3 is 2.55 bits per heavy atom. The summed E-state index contributed by atoms with van der Waals surface area (Å²) in [4.78, 5) is 12.0. The number of hydrogen-bond donors (Lipinski definition) is 2. The number of nitrogens with one attached hydrogen (secondary N) is 2. The van der Waals surface area contributed by atoms with Crippen LogP contribution in [0.2, 0.25) is 0 Å². The largest absolute Gasteiger partial charge is 0.351 e. The number of carbonyl (C=O) groups is 1. The molecule has 1 fully saturated rings. The number of hydrogen-bond acceptors (Lipinski definition) is 2. The summed E-state index contributed by atoms with van der Waals surface area (Å²) in [7, 11) is 0. The lowest BCUT2D eigenvalue weighted by Crippen LogP contribution is -2.37. The molecule has 124 valence electrons. The summed E-state index contributed by atoms with van der Waals surface area (Å²) in [5, 5.41) is 6.36. The van der Waals surface area contributed by atoms with Gasteiger partial charge < -0.3 is 10.6 Å². The molecule has 1 aliphatic rings. The summed E-state index contributed by atoms with van der Waals surface area (Å²) in [5.74, 6) is -0.572. The zero-order chi connectivity index (χ0) is 15.1. The number of aryl methyl sites for hydroxylation is 1. The van der Waals surface area contributed by atoms with Crippen molar-refractivity contribution in [1.29, 1.82) is 0 Å². The van der Waals surface area contributed by atoms with Crippen LogP contribution in [-0.2, 0) is 0 Å². The topological polar surface area (TPSA) is 41.1 Å². The van der Waals surface area contributed by atoms with Crippen molar-refractivity contribution < 1.29 is 9.18 Å². The molecule has 1 saturated carbocycles. The van der Waals surface area contributed by atoms with Gasteiger partial charge >= 0.3 is 0 Å². The number of halogens is 2. The van der Waals surface area contributed by atoms with Crippen LogP contribution in [0.3, 0.4) is 0 Å². The normalized spacial score (nSPS) is 15.7. The molecule has 0 atom stereocenters. The van der Waals surface area contributed by atoms with Crippen molar-refractivity contribution in [2.24, 2.45) is 0 Å². The van der Waals surface area contributed by atoms with Crippen LogP contribution in [-0.4, -0.2) is 25.0 Å². The van der Waals surface area contributed by atoms with Crippen molar-refractivity contribution in [3.63, 3.8) is 0 Å². The molecule has 0 radical (unpaired) electrons. The molecule has 0 bridgehead atoms. The monoisotopic (exact) mass is 328 g/mol. The van der Waals surface area contributed by atoms with E-state index in [9.17, 15) is 9.18 Å². The van der Waals surface area contributed by atoms with Crippen molar-refractivity contribution in [3.8, 4) is 0 Å². The molecule has 2 N–H and O–H groups in total. The lowest BCUT2D eigenvalue weighted by molar-refractivity contribution is 0.0952. The molecule has 0 heterocycles. The first kappa shape index (κ1) is 18.9. The standard InChI is InChI=1S/C17H25FN2O.ClH/c1-13-8-9-14(18)12-16(13)17(21)20-11-10-19-15-6-4-2-3-5-7-15;/h8-9,12,15,19H,2-7,10-11H2,1H3,(H,20,21);1H. The molecular weight excluding hydrogens is 303 g/mol. The summed E-state index contributed by atoms with van der Waals surface area (Å²) in [6.45, 7) is 3.16. The molecule has 1 aliphatic carbocycles. The third-order valence-corrected chi connectivity index (χ3v) is 4.14. The van der Waals surface area contributed by atoms with Gasteiger partial charge in [-0.15, -0.1) is 12.4 Å². The Labute approximate surface area is 138 Å². The maximum Gasteiger partial charge on any atom is 0.251 e. The zero-order valence-electron chi connectivity index (χ0n) is 13.2. The van der Waals surface area contributed by atoms with Gasteiger partial charge in [-0.1, -0.05) is 31.7 Å². The highest BCUT2D eigenvalue weighted by Gasteiger charge is 2.12. The van der Waals surface area contributed by atoms with Crippen molar-refractivity contribution >= 4 is 18.3 Å². The Morgan fingerprint density at radius 1 is 1.18 bits per heavy atom. The molecule has 2 rings (SSSR count). The molecule has 22 heavy (non-hydrogen) atoms. The van der Waals surface area contributed by atoms with E-state index in [4.69, 9.17) is 0 Å². The second-order valence-corrected chi connectivity index (χ2v) is 5.86. The predicted molar refractivity (Wildman–Crippen MR) is 90.2 cm³/mol. The first-order chi connectivity index (χ1) is 10.2. The van der Waals surface area contributed by atoms with Crippen LogP contribution < -0.4 is 10.6 Å². The van der Waals surface area contributed by atoms with Crippen LogP contribution >= 0.6 is 12.4 Å². The number of carbonyl (C=O) groups excluding carboxylic acids is 1. The summed E-state index contributed by atoms with van der Waals surface area (Å²) >= 11 is 0. The SMILES string of the molecule is Cc1ccc(F)cc1C(=O)NCCNC1CCCCCC1.Cl. The Morgan fingerprint density at radius 2 is 1.86 bits per heavy atom. The number of amides is 1. The first-order valence-electron chi connectivity index (χ1n) is 7.94. The molecule has 1 amide bonds. The molecule has 0 unspecified atom stereocenters. The van der Waals surface area contributed by atoms with Crippen LogP contribution in [0.15, 0.2) is 18.2 Å². The third-order valence-electron chi connectivity index (χ3n) is 4.14. The van der Waals surface area contributed by atoms with Gasteiger partial charge in [0.05, 0.1) is 0 Å². The van der Waals surface area contributed by atoms with E-state index in [1.54, 1.807) is 6.07 Å². The van der Waals surface area contributed by atoms with Crippen molar-refractivity contribution in [1.82, 2.24) is 10.6 Å². The number of rotatable bonds is 5. The minimum Gasteiger partial charge on any atom is -0.351 e. The predicted octanol–water partition coefficient (Wildman–Crippen LogP) is 3.60. The second kappa shape index (κ2) is 9.80. The Kier molecular flexibility index (Phi) is 8.43. The van der Waals surface area contributed by atoms with Gasteiger partial charge in [0.15, 0.2) is 0 Å². The van der Waals surface area contributed by atoms with Crippen LogP contribution in [0.25, 0.3) is 0 Å². The maximum absolute atomic E-state index is 13.2. The highest BCUT2D eigenvalue weighted by Crippen LogP contribution is 2.16. The van der Waals surface area contributed by atoms with Gasteiger partial charge in [0.25, 0.3) is 5.91 Å². The van der Waals surface area contributed by atoms with Crippen LogP contribution in [0.4, 0.5) is 4.39 Å². The molecular formula is C17H26ClFN2O. The van der Waals surface area contributed by atoms with E-state index in [1.165, 1.54) is 50.7 Å². The first-order valence-corrected chi connectivity index (χ1v) is 7.94. The van der Waals surface area contributed by atoms with E-state index in [2.05, 4.69) is 10.6 Å². The van der Waals surface area contributed by atoms with Gasteiger partial charge in [0, 0.05) is 24.7 Å². The van der Waals surface area contributed by atoms with Gasteiger partial charge in [-0.2, -0.15) is 0 Å². The van der Waals surface area contributed by atoms with Gasteiger partial charge in [-0.05, 0) is 37.5 Å². The van der Waals surface area contributed by atoms with Gasteiger partial charge in [-0.25, -0.2) is 4.39 Å². The van der Waals surface area contributed by atoms with E-state index >= 15 is 0 Å².